The molecule has 0 saturated heterocycles. The van der Waals surface area contributed by atoms with Gasteiger partial charge >= 0.3 is 0 Å². The van der Waals surface area contributed by atoms with Crippen LogP contribution >= 0.6 is 0 Å². The Bertz CT molecular complexity index is 825. The number of nitriles is 1. The van der Waals surface area contributed by atoms with Crippen LogP contribution in [0, 0.1) is 11.3 Å². The Balaban J connectivity index is 2.12. The molecule has 0 aliphatic heterocycles. The van der Waals surface area contributed by atoms with E-state index in [9.17, 15) is 0 Å². The third-order valence-electron chi connectivity index (χ3n) is 2.74. The van der Waals surface area contributed by atoms with E-state index in [1.54, 1.807) is 24.4 Å². The third-order valence-corrected chi connectivity index (χ3v) is 2.74. The number of hydrogen-bond acceptors (Lipinski definition) is 6. The fourth-order valence-corrected chi connectivity index (χ4v) is 1.83. The molecule has 1 aromatic carbocycles. The number of nitrogen functional groups attached to an aromatic ring is 1. The van der Waals surface area contributed by atoms with Crippen LogP contribution in [0.5, 0.6) is 11.6 Å². The fraction of sp³-hybridized carbons (Fsp3) is 0. The molecule has 3 rings (SSSR count). The largest absolute Gasteiger partial charge is 0.434 e. The van der Waals surface area contributed by atoms with Gasteiger partial charge in [0.25, 0.3) is 5.88 Å². The Hall–Kier alpha value is -3.20. The van der Waals surface area contributed by atoms with Crippen molar-refractivity contribution in [1.29, 1.82) is 5.26 Å². The van der Waals surface area contributed by atoms with Crippen LogP contribution in [0.3, 0.4) is 0 Å². The molecule has 0 fully saturated rings. The van der Waals surface area contributed by atoms with Crippen molar-refractivity contribution in [2.75, 3.05) is 5.73 Å². The van der Waals surface area contributed by atoms with Crippen molar-refractivity contribution in [3.63, 3.8) is 0 Å². The second-order valence-electron chi connectivity index (χ2n) is 3.98. The number of nitrogens with two attached hydrogens (primary N) is 1. The van der Waals surface area contributed by atoms with Gasteiger partial charge in [0.05, 0.1) is 0 Å². The van der Waals surface area contributed by atoms with E-state index in [4.69, 9.17) is 15.7 Å². The maximum absolute atomic E-state index is 8.99. The molecule has 20 heavy (non-hydrogen) atoms. The van der Waals surface area contributed by atoms with Gasteiger partial charge in [-0.15, -0.1) is 0 Å². The lowest BCUT2D eigenvalue weighted by Gasteiger charge is -2.09. The Morgan fingerprint density at radius 1 is 1.05 bits per heavy atom. The van der Waals surface area contributed by atoms with Crippen molar-refractivity contribution in [2.45, 2.75) is 0 Å². The maximum atomic E-state index is 8.99. The second kappa shape index (κ2) is 4.82. The zero-order valence-corrected chi connectivity index (χ0v) is 10.3. The quantitative estimate of drug-likeness (QED) is 0.712. The number of ether oxygens (including phenoxy) is 1. The summed E-state index contributed by atoms with van der Waals surface area (Å²) in [5.41, 5.74) is 7.24. The number of aromatic nitrogens is 3. The van der Waals surface area contributed by atoms with Crippen LogP contribution in [0.25, 0.3) is 10.9 Å². The highest BCUT2D eigenvalue weighted by atomic mass is 16.5. The smallest absolute Gasteiger partial charge is 0.256 e. The molecule has 0 atom stereocenters. The molecule has 3 aromatic rings. The Kier molecular flexibility index (Phi) is 2.86. The van der Waals surface area contributed by atoms with Gasteiger partial charge in [0.15, 0.2) is 5.75 Å². The average Bonchev–Trinajstić information content (AvgIpc) is 2.51. The van der Waals surface area contributed by atoms with Crippen LogP contribution in [-0.2, 0) is 0 Å². The van der Waals surface area contributed by atoms with Crippen LogP contribution in [0.1, 0.15) is 5.69 Å². The van der Waals surface area contributed by atoms with Gasteiger partial charge in [0.1, 0.15) is 11.6 Å². The topological polar surface area (TPSA) is 97.7 Å². The van der Waals surface area contributed by atoms with Gasteiger partial charge in [-0.2, -0.15) is 5.26 Å². The number of anilines is 1. The van der Waals surface area contributed by atoms with Gasteiger partial charge < -0.3 is 10.5 Å². The molecule has 96 valence electrons. The average molecular weight is 263 g/mol. The molecule has 0 radical (unpaired) electrons. The van der Waals surface area contributed by atoms with Crippen LogP contribution in [0.15, 0.2) is 42.9 Å². The molecule has 0 unspecified atom stereocenters. The summed E-state index contributed by atoms with van der Waals surface area (Å²) >= 11 is 0. The molecule has 2 N–H and O–H groups in total. The van der Waals surface area contributed by atoms with Crippen molar-refractivity contribution < 1.29 is 4.74 Å². The molecule has 6 heteroatoms. The predicted molar refractivity (Wildman–Crippen MR) is 73.0 cm³/mol. The summed E-state index contributed by atoms with van der Waals surface area (Å²) in [6, 6.07) is 9.00. The number of hydrogen-bond donors (Lipinski definition) is 1. The first-order chi connectivity index (χ1) is 9.79. The fourth-order valence-electron chi connectivity index (χ4n) is 1.83. The molecule has 6 nitrogen and oxygen atoms in total. The van der Waals surface area contributed by atoms with E-state index in [1.807, 2.05) is 12.1 Å². The molecule has 2 aromatic heterocycles. The summed E-state index contributed by atoms with van der Waals surface area (Å²) < 4.78 is 5.65. The van der Waals surface area contributed by atoms with E-state index in [2.05, 4.69) is 15.0 Å². The van der Waals surface area contributed by atoms with Crippen LogP contribution in [0.2, 0.25) is 0 Å². The summed E-state index contributed by atoms with van der Waals surface area (Å²) in [6.07, 6.45) is 4.55. The van der Waals surface area contributed by atoms with E-state index in [0.717, 1.165) is 5.39 Å². The van der Waals surface area contributed by atoms with E-state index in [1.165, 1.54) is 12.4 Å². The van der Waals surface area contributed by atoms with E-state index in [-0.39, 0.29) is 11.6 Å². The monoisotopic (exact) mass is 263 g/mol. The summed E-state index contributed by atoms with van der Waals surface area (Å²) in [6.45, 7) is 0. The minimum atomic E-state index is 0.119. The maximum Gasteiger partial charge on any atom is 0.256 e. The molecule has 0 spiro atoms. The third kappa shape index (κ3) is 1.97. The highest BCUT2D eigenvalue weighted by Crippen LogP contribution is 2.31. The molecule has 2 heterocycles. The molecule has 0 aliphatic rings. The minimum Gasteiger partial charge on any atom is -0.434 e. The zero-order chi connectivity index (χ0) is 13.9. The molecule has 0 bridgehead atoms. The highest BCUT2D eigenvalue weighted by Gasteiger charge is 2.11. The van der Waals surface area contributed by atoms with Crippen LogP contribution in [-0.4, -0.2) is 15.0 Å². The van der Waals surface area contributed by atoms with Crippen molar-refractivity contribution >= 4 is 16.6 Å². The highest BCUT2D eigenvalue weighted by molar-refractivity contribution is 5.94. The molecular weight excluding hydrogens is 254 g/mol. The summed E-state index contributed by atoms with van der Waals surface area (Å²) in [4.78, 5) is 12.2. The summed E-state index contributed by atoms with van der Waals surface area (Å²) in [7, 11) is 0. The van der Waals surface area contributed by atoms with Crippen LogP contribution < -0.4 is 10.5 Å². The number of pyridine rings is 1. The lowest BCUT2D eigenvalue weighted by molar-refractivity contribution is 0.462. The van der Waals surface area contributed by atoms with Crippen molar-refractivity contribution in [3.05, 3.63) is 48.5 Å². The van der Waals surface area contributed by atoms with Gasteiger partial charge in [-0.1, -0.05) is 0 Å². The molecule has 0 saturated carbocycles. The lowest BCUT2D eigenvalue weighted by Crippen LogP contribution is -1.96. The normalized spacial score (nSPS) is 10.2. The summed E-state index contributed by atoms with van der Waals surface area (Å²) in [5, 5.41) is 9.77. The van der Waals surface area contributed by atoms with Gasteiger partial charge in [0.2, 0.25) is 5.69 Å². The van der Waals surface area contributed by atoms with E-state index >= 15 is 0 Å². The lowest BCUT2D eigenvalue weighted by atomic mass is 10.1. The minimum absolute atomic E-state index is 0.119. The van der Waals surface area contributed by atoms with Gasteiger partial charge in [-0.05, 0) is 24.3 Å². The number of rotatable bonds is 2. The summed E-state index contributed by atoms with van der Waals surface area (Å²) in [5.74, 6) is 0.624. The van der Waals surface area contributed by atoms with Crippen LogP contribution in [0.4, 0.5) is 5.69 Å². The first-order valence-electron chi connectivity index (χ1n) is 5.82. The van der Waals surface area contributed by atoms with Crippen molar-refractivity contribution in [2.24, 2.45) is 0 Å². The first kappa shape index (κ1) is 11.9. The van der Waals surface area contributed by atoms with E-state index < -0.39 is 0 Å². The molecule has 0 amide bonds. The Labute approximate surface area is 114 Å². The van der Waals surface area contributed by atoms with Gasteiger partial charge in [-0.25, -0.2) is 9.97 Å². The van der Waals surface area contributed by atoms with Gasteiger partial charge in [0, 0.05) is 29.7 Å². The second-order valence-corrected chi connectivity index (χ2v) is 3.98. The Morgan fingerprint density at radius 3 is 2.75 bits per heavy atom. The zero-order valence-electron chi connectivity index (χ0n) is 10.3. The molecular formula is C14H9N5O. The number of fused-ring (bicyclic) bond motifs is 1. The van der Waals surface area contributed by atoms with Gasteiger partial charge in [-0.3, -0.25) is 4.98 Å². The van der Waals surface area contributed by atoms with E-state index in [0.29, 0.717) is 17.0 Å². The standard InChI is InChI=1S/C14H9N5O/c15-8-11-14(19-7-6-17-11)20-12-4-3-10(16)9-2-1-5-18-13(9)12/h1-7H,16H2. The number of benzene rings is 1. The molecule has 0 aliphatic carbocycles. The first-order valence-corrected chi connectivity index (χ1v) is 5.82. The van der Waals surface area contributed by atoms with Crippen molar-refractivity contribution in [3.8, 4) is 17.7 Å². The SMILES string of the molecule is N#Cc1nccnc1Oc1ccc(N)c2cccnc12. The number of nitrogens with zero attached hydrogens (tertiary/aromatic N) is 4. The Morgan fingerprint density at radius 2 is 1.90 bits per heavy atom. The van der Waals surface area contributed by atoms with Crippen molar-refractivity contribution in [1.82, 2.24) is 15.0 Å². The predicted octanol–water partition coefficient (Wildman–Crippen LogP) is 2.27.